The van der Waals surface area contributed by atoms with Crippen LogP contribution in [-0.4, -0.2) is 49.0 Å². The van der Waals surface area contributed by atoms with E-state index in [9.17, 15) is 14.4 Å². The molecule has 2 aliphatic rings. The Morgan fingerprint density at radius 2 is 2.00 bits per heavy atom. The number of anilines is 1. The number of nitrogens with zero attached hydrogens (tertiary/aromatic N) is 1. The number of hydrogen-bond acceptors (Lipinski definition) is 5. The average molecular weight is 333 g/mol. The lowest BCUT2D eigenvalue weighted by molar-refractivity contribution is -0.136. The molecule has 2 heterocycles. The Kier molecular flexibility index (Phi) is 4.83. The molecule has 2 N–H and O–H groups in total. The molecule has 0 bridgehead atoms. The molecule has 0 aliphatic carbocycles. The van der Waals surface area contributed by atoms with Gasteiger partial charge in [0.15, 0.2) is 11.5 Å². The Balaban J connectivity index is 1.40. The van der Waals surface area contributed by atoms with Gasteiger partial charge in [-0.1, -0.05) is 0 Å². The number of nitrogens with one attached hydrogen (secondary N) is 2. The molecule has 1 fully saturated rings. The first kappa shape index (κ1) is 16.1. The zero-order valence-corrected chi connectivity index (χ0v) is 13.2. The van der Waals surface area contributed by atoms with Crippen molar-refractivity contribution in [3.8, 4) is 11.5 Å². The van der Waals surface area contributed by atoms with Crippen LogP contribution in [0.15, 0.2) is 18.2 Å². The fourth-order valence-electron chi connectivity index (χ4n) is 2.65. The number of likely N-dealkylation sites (tertiary alicyclic amines) is 1. The summed E-state index contributed by atoms with van der Waals surface area (Å²) >= 11 is 0. The summed E-state index contributed by atoms with van der Waals surface area (Å²) in [6.45, 7) is 1.87. The lowest BCUT2D eigenvalue weighted by Gasteiger charge is -2.15. The summed E-state index contributed by atoms with van der Waals surface area (Å²) in [5.74, 6) is -0.161. The van der Waals surface area contributed by atoms with E-state index in [1.807, 2.05) is 0 Å². The third kappa shape index (κ3) is 3.76. The minimum absolute atomic E-state index is 0.146. The van der Waals surface area contributed by atoms with Crippen molar-refractivity contribution < 1.29 is 23.9 Å². The zero-order chi connectivity index (χ0) is 16.9. The average Bonchev–Trinajstić information content (AvgIpc) is 3.19. The first-order chi connectivity index (χ1) is 11.6. The zero-order valence-electron chi connectivity index (χ0n) is 13.2. The van der Waals surface area contributed by atoms with Crippen molar-refractivity contribution in [3.05, 3.63) is 18.2 Å². The van der Waals surface area contributed by atoms with E-state index in [4.69, 9.17) is 9.47 Å². The van der Waals surface area contributed by atoms with Gasteiger partial charge in [0.25, 0.3) is 0 Å². The molecule has 24 heavy (non-hydrogen) atoms. The number of benzene rings is 1. The lowest BCUT2D eigenvalue weighted by Crippen LogP contribution is -2.37. The molecule has 1 aromatic carbocycles. The van der Waals surface area contributed by atoms with Crippen LogP contribution in [0.5, 0.6) is 11.5 Å². The summed E-state index contributed by atoms with van der Waals surface area (Å²) in [6.07, 6.45) is 2.11. The summed E-state index contributed by atoms with van der Waals surface area (Å²) in [5.41, 5.74) is 0.460. The molecule has 8 heteroatoms. The topological polar surface area (TPSA) is 97.0 Å². The normalized spacial score (nSPS) is 15.5. The van der Waals surface area contributed by atoms with E-state index in [2.05, 4.69) is 10.6 Å². The van der Waals surface area contributed by atoms with Crippen LogP contribution in [0.25, 0.3) is 0 Å². The Morgan fingerprint density at radius 3 is 2.79 bits per heavy atom. The van der Waals surface area contributed by atoms with Crippen molar-refractivity contribution in [1.29, 1.82) is 0 Å². The molecule has 0 spiro atoms. The van der Waals surface area contributed by atoms with E-state index in [-0.39, 0.29) is 12.7 Å². The van der Waals surface area contributed by atoms with Crippen LogP contribution in [-0.2, 0) is 14.4 Å². The monoisotopic (exact) mass is 333 g/mol. The molecule has 0 aromatic heterocycles. The minimum atomic E-state index is -0.744. The number of ether oxygens (including phenoxy) is 2. The number of rotatable bonds is 5. The standard InChI is InChI=1S/C16H19N3O5/c20-14-3-1-7-19(14)8-2-6-17-15(21)16(22)18-11-4-5-12-13(9-11)24-10-23-12/h4-5,9H,1-3,6-8,10H2,(H,17,21)(H,18,22). The van der Waals surface area contributed by atoms with Crippen LogP contribution in [0.1, 0.15) is 19.3 Å². The first-order valence-corrected chi connectivity index (χ1v) is 7.90. The fraction of sp³-hybridized carbons (Fsp3) is 0.438. The SMILES string of the molecule is O=C(NCCCN1CCCC1=O)C(=O)Nc1ccc2c(c1)OCO2. The third-order valence-electron chi connectivity index (χ3n) is 3.90. The van der Waals surface area contributed by atoms with Crippen molar-refractivity contribution in [2.75, 3.05) is 31.7 Å². The predicted octanol–water partition coefficient (Wildman–Crippen LogP) is 0.482. The largest absolute Gasteiger partial charge is 0.454 e. The van der Waals surface area contributed by atoms with Crippen molar-refractivity contribution >= 4 is 23.4 Å². The summed E-state index contributed by atoms with van der Waals surface area (Å²) in [5, 5.41) is 5.06. The molecule has 8 nitrogen and oxygen atoms in total. The quantitative estimate of drug-likeness (QED) is 0.603. The van der Waals surface area contributed by atoms with E-state index in [0.717, 1.165) is 13.0 Å². The van der Waals surface area contributed by atoms with Gasteiger partial charge in [-0.2, -0.15) is 0 Å². The van der Waals surface area contributed by atoms with E-state index < -0.39 is 11.8 Å². The smallest absolute Gasteiger partial charge is 0.313 e. The van der Waals surface area contributed by atoms with Crippen LogP contribution >= 0.6 is 0 Å². The van der Waals surface area contributed by atoms with Gasteiger partial charge in [-0.25, -0.2) is 0 Å². The molecule has 0 radical (unpaired) electrons. The molecule has 0 unspecified atom stereocenters. The van der Waals surface area contributed by atoms with Crippen LogP contribution in [0, 0.1) is 0 Å². The summed E-state index contributed by atoms with van der Waals surface area (Å²) in [6, 6.07) is 4.91. The van der Waals surface area contributed by atoms with Crippen molar-refractivity contribution in [2.24, 2.45) is 0 Å². The molecule has 0 atom stereocenters. The summed E-state index contributed by atoms with van der Waals surface area (Å²) < 4.78 is 10.4. The number of amides is 3. The van der Waals surface area contributed by atoms with Gasteiger partial charge in [-0.3, -0.25) is 14.4 Å². The summed E-state index contributed by atoms with van der Waals surface area (Å²) in [4.78, 5) is 36.9. The molecule has 3 amide bonds. The Morgan fingerprint density at radius 1 is 1.17 bits per heavy atom. The second-order valence-corrected chi connectivity index (χ2v) is 5.62. The first-order valence-electron chi connectivity index (χ1n) is 7.90. The van der Waals surface area contributed by atoms with Gasteiger partial charge in [0, 0.05) is 37.8 Å². The lowest BCUT2D eigenvalue weighted by atomic mass is 10.2. The maximum atomic E-state index is 11.9. The Bertz CT molecular complexity index is 661. The second-order valence-electron chi connectivity index (χ2n) is 5.62. The predicted molar refractivity (Wildman–Crippen MR) is 84.6 cm³/mol. The van der Waals surface area contributed by atoms with E-state index in [1.165, 1.54) is 0 Å². The Labute approximate surface area is 139 Å². The molecular weight excluding hydrogens is 314 g/mol. The third-order valence-corrected chi connectivity index (χ3v) is 3.90. The maximum Gasteiger partial charge on any atom is 0.313 e. The van der Waals surface area contributed by atoms with Crippen molar-refractivity contribution in [3.63, 3.8) is 0 Å². The van der Waals surface area contributed by atoms with Gasteiger partial charge < -0.3 is 25.0 Å². The van der Waals surface area contributed by atoms with Gasteiger partial charge in [0.1, 0.15) is 0 Å². The molecule has 2 aliphatic heterocycles. The number of fused-ring (bicyclic) bond motifs is 1. The molecular formula is C16H19N3O5. The second kappa shape index (κ2) is 7.20. The van der Waals surface area contributed by atoms with Crippen molar-refractivity contribution in [2.45, 2.75) is 19.3 Å². The van der Waals surface area contributed by atoms with Gasteiger partial charge >= 0.3 is 11.8 Å². The molecule has 1 aromatic rings. The Hall–Kier alpha value is -2.77. The highest BCUT2D eigenvalue weighted by Crippen LogP contribution is 2.34. The molecule has 128 valence electrons. The number of carbonyl (C=O) groups is 3. The fourth-order valence-corrected chi connectivity index (χ4v) is 2.65. The van der Waals surface area contributed by atoms with E-state index >= 15 is 0 Å². The van der Waals surface area contributed by atoms with E-state index in [1.54, 1.807) is 23.1 Å². The number of carbonyl (C=O) groups excluding carboxylic acids is 3. The van der Waals surface area contributed by atoms with Gasteiger partial charge in [0.2, 0.25) is 12.7 Å². The highest BCUT2D eigenvalue weighted by Gasteiger charge is 2.20. The molecule has 0 saturated carbocycles. The van der Waals surface area contributed by atoms with Crippen LogP contribution in [0.3, 0.4) is 0 Å². The minimum Gasteiger partial charge on any atom is -0.454 e. The summed E-state index contributed by atoms with van der Waals surface area (Å²) in [7, 11) is 0. The highest BCUT2D eigenvalue weighted by molar-refractivity contribution is 6.39. The van der Waals surface area contributed by atoms with Gasteiger partial charge in [-0.05, 0) is 25.0 Å². The van der Waals surface area contributed by atoms with Crippen molar-refractivity contribution in [1.82, 2.24) is 10.2 Å². The van der Waals surface area contributed by atoms with Gasteiger partial charge in [-0.15, -0.1) is 0 Å². The highest BCUT2D eigenvalue weighted by atomic mass is 16.7. The van der Waals surface area contributed by atoms with E-state index in [0.29, 0.717) is 43.1 Å². The molecule has 1 saturated heterocycles. The van der Waals surface area contributed by atoms with Crippen LogP contribution < -0.4 is 20.1 Å². The van der Waals surface area contributed by atoms with Crippen LogP contribution in [0.4, 0.5) is 5.69 Å². The van der Waals surface area contributed by atoms with Crippen LogP contribution in [0.2, 0.25) is 0 Å². The number of hydrogen-bond donors (Lipinski definition) is 2. The van der Waals surface area contributed by atoms with Gasteiger partial charge in [0.05, 0.1) is 0 Å². The molecule has 3 rings (SSSR count). The maximum absolute atomic E-state index is 11.9.